The molecule has 0 spiro atoms. The van der Waals surface area contributed by atoms with Crippen LogP contribution in [0.3, 0.4) is 0 Å². The van der Waals surface area contributed by atoms with E-state index in [1.807, 2.05) is 0 Å². The zero-order chi connectivity index (χ0) is 13.0. The highest BCUT2D eigenvalue weighted by molar-refractivity contribution is 8.00. The molecule has 1 fully saturated rings. The number of amides is 2. The molecular formula is C12H14N2O3S. The molecule has 0 atom stereocenters. The molecule has 1 aliphatic rings. The van der Waals surface area contributed by atoms with Crippen LogP contribution in [0.25, 0.3) is 0 Å². The van der Waals surface area contributed by atoms with Crippen LogP contribution in [0.2, 0.25) is 0 Å². The van der Waals surface area contributed by atoms with Gasteiger partial charge in [0.2, 0.25) is 11.8 Å². The van der Waals surface area contributed by atoms with Gasteiger partial charge in [0, 0.05) is 5.69 Å². The maximum atomic E-state index is 11.7. The third-order valence-electron chi connectivity index (χ3n) is 2.53. The van der Waals surface area contributed by atoms with E-state index >= 15 is 0 Å². The van der Waals surface area contributed by atoms with Gasteiger partial charge in [0.25, 0.3) is 0 Å². The van der Waals surface area contributed by atoms with Crippen LogP contribution in [-0.2, 0) is 9.59 Å². The molecule has 0 unspecified atom stereocenters. The fourth-order valence-electron chi connectivity index (χ4n) is 1.59. The third kappa shape index (κ3) is 3.16. The average Bonchev–Trinajstić information content (AvgIpc) is 2.76. The molecule has 0 aromatic heterocycles. The van der Waals surface area contributed by atoms with Gasteiger partial charge in [-0.3, -0.25) is 9.59 Å². The highest BCUT2D eigenvalue weighted by Crippen LogP contribution is 2.16. The van der Waals surface area contributed by atoms with Crippen molar-refractivity contribution in [3.05, 3.63) is 24.3 Å². The minimum absolute atomic E-state index is 0.0184. The van der Waals surface area contributed by atoms with Crippen LogP contribution in [-0.4, -0.2) is 42.0 Å². The molecule has 1 heterocycles. The molecule has 0 saturated carbocycles. The molecule has 0 bridgehead atoms. The van der Waals surface area contributed by atoms with E-state index in [1.54, 1.807) is 36.3 Å². The maximum Gasteiger partial charge on any atom is 0.244 e. The number of nitrogens with one attached hydrogen (secondary N) is 1. The molecule has 6 heteroatoms. The molecule has 1 saturated heterocycles. The average molecular weight is 266 g/mol. The van der Waals surface area contributed by atoms with Gasteiger partial charge in [-0.15, -0.1) is 11.8 Å². The van der Waals surface area contributed by atoms with Gasteiger partial charge in [0.1, 0.15) is 12.3 Å². The Kier molecular flexibility index (Phi) is 4.09. The lowest BCUT2D eigenvalue weighted by Crippen LogP contribution is -2.34. The van der Waals surface area contributed by atoms with Crippen LogP contribution in [0.4, 0.5) is 5.69 Å². The Labute approximate surface area is 109 Å². The second kappa shape index (κ2) is 5.77. The Morgan fingerprint density at radius 2 is 2.17 bits per heavy atom. The summed E-state index contributed by atoms with van der Waals surface area (Å²) >= 11 is 1.52. The summed E-state index contributed by atoms with van der Waals surface area (Å²) in [5.41, 5.74) is 0.695. The molecule has 5 nitrogen and oxygen atoms in total. The molecule has 18 heavy (non-hydrogen) atoms. The molecule has 2 amide bonds. The van der Waals surface area contributed by atoms with E-state index in [0.29, 0.717) is 17.3 Å². The fraction of sp³-hybridized carbons (Fsp3) is 0.333. The number of hydrogen-bond acceptors (Lipinski definition) is 4. The first kappa shape index (κ1) is 12.8. The highest BCUT2D eigenvalue weighted by atomic mass is 32.2. The van der Waals surface area contributed by atoms with E-state index in [9.17, 15) is 9.59 Å². The number of ether oxygens (including phenoxy) is 1. The molecule has 1 N–H and O–H groups in total. The predicted molar refractivity (Wildman–Crippen MR) is 70.7 cm³/mol. The molecule has 96 valence electrons. The van der Waals surface area contributed by atoms with Crippen molar-refractivity contribution in [2.45, 2.75) is 0 Å². The quantitative estimate of drug-likeness (QED) is 0.888. The lowest BCUT2D eigenvalue weighted by molar-refractivity contribution is -0.130. The van der Waals surface area contributed by atoms with Crippen molar-refractivity contribution in [2.24, 2.45) is 0 Å². The van der Waals surface area contributed by atoms with E-state index < -0.39 is 0 Å². The van der Waals surface area contributed by atoms with E-state index in [4.69, 9.17) is 4.74 Å². The Morgan fingerprint density at radius 1 is 1.44 bits per heavy atom. The van der Waals surface area contributed by atoms with Crippen molar-refractivity contribution >= 4 is 29.3 Å². The van der Waals surface area contributed by atoms with Crippen molar-refractivity contribution in [1.82, 2.24) is 4.90 Å². The number of thioether (sulfide) groups is 1. The minimum atomic E-state index is -0.184. The molecule has 1 aromatic rings. The first-order valence-corrected chi connectivity index (χ1v) is 6.64. The van der Waals surface area contributed by atoms with Gasteiger partial charge in [-0.1, -0.05) is 0 Å². The molecule has 1 aliphatic heterocycles. The first-order valence-electron chi connectivity index (χ1n) is 5.48. The van der Waals surface area contributed by atoms with Crippen molar-refractivity contribution < 1.29 is 14.3 Å². The number of hydrogen-bond donors (Lipinski definition) is 1. The molecular weight excluding hydrogens is 252 g/mol. The van der Waals surface area contributed by atoms with Crippen LogP contribution in [0, 0.1) is 0 Å². The van der Waals surface area contributed by atoms with Crippen LogP contribution in [0.5, 0.6) is 5.75 Å². The summed E-state index contributed by atoms with van der Waals surface area (Å²) in [7, 11) is 1.59. The molecule has 2 rings (SSSR count). The largest absolute Gasteiger partial charge is 0.497 e. The Morgan fingerprint density at radius 3 is 2.72 bits per heavy atom. The third-order valence-corrected chi connectivity index (χ3v) is 3.48. The number of anilines is 1. The van der Waals surface area contributed by atoms with Crippen LogP contribution >= 0.6 is 11.8 Å². The summed E-state index contributed by atoms with van der Waals surface area (Å²) in [5, 5.41) is 2.74. The smallest absolute Gasteiger partial charge is 0.244 e. The number of carbonyl (C=O) groups is 2. The van der Waals surface area contributed by atoms with Gasteiger partial charge in [-0.25, -0.2) is 0 Å². The predicted octanol–water partition coefficient (Wildman–Crippen LogP) is 1.17. The number of rotatable bonds is 4. The summed E-state index contributed by atoms with van der Waals surface area (Å²) in [6.07, 6.45) is 0. The van der Waals surface area contributed by atoms with Gasteiger partial charge in [0.15, 0.2) is 0 Å². The van der Waals surface area contributed by atoms with Crippen molar-refractivity contribution in [2.75, 3.05) is 30.6 Å². The van der Waals surface area contributed by atoms with Crippen molar-refractivity contribution in [1.29, 1.82) is 0 Å². The minimum Gasteiger partial charge on any atom is -0.497 e. The summed E-state index contributed by atoms with van der Waals surface area (Å²) in [5.74, 6) is 1.63. The topological polar surface area (TPSA) is 58.6 Å². The number of nitrogens with zero attached hydrogens (tertiary/aromatic N) is 1. The SMILES string of the molecule is COc1ccc(NC(=O)CN2CSCC2=O)cc1. The molecule has 0 aliphatic carbocycles. The maximum absolute atomic E-state index is 11.7. The fourth-order valence-corrected chi connectivity index (χ4v) is 2.49. The lowest BCUT2D eigenvalue weighted by Gasteiger charge is -2.14. The van der Waals surface area contributed by atoms with Crippen LogP contribution in [0.1, 0.15) is 0 Å². The number of methoxy groups -OCH3 is 1. The Bertz CT molecular complexity index is 447. The lowest BCUT2D eigenvalue weighted by atomic mass is 10.3. The second-order valence-corrected chi connectivity index (χ2v) is 4.80. The van der Waals surface area contributed by atoms with Gasteiger partial charge >= 0.3 is 0 Å². The van der Waals surface area contributed by atoms with Crippen LogP contribution < -0.4 is 10.1 Å². The second-order valence-electron chi connectivity index (χ2n) is 3.85. The van der Waals surface area contributed by atoms with Gasteiger partial charge in [-0.2, -0.15) is 0 Å². The normalized spacial score (nSPS) is 14.7. The van der Waals surface area contributed by atoms with Crippen LogP contribution in [0.15, 0.2) is 24.3 Å². The summed E-state index contributed by atoms with van der Waals surface area (Å²) < 4.78 is 5.03. The number of benzene rings is 1. The zero-order valence-corrected chi connectivity index (χ0v) is 10.8. The molecule has 1 aromatic carbocycles. The first-order chi connectivity index (χ1) is 8.69. The van der Waals surface area contributed by atoms with Gasteiger partial charge in [-0.05, 0) is 24.3 Å². The molecule has 0 radical (unpaired) electrons. The van der Waals surface area contributed by atoms with Gasteiger partial charge in [0.05, 0.1) is 18.7 Å². The van der Waals surface area contributed by atoms with E-state index in [-0.39, 0.29) is 18.4 Å². The van der Waals surface area contributed by atoms with Crippen molar-refractivity contribution in [3.8, 4) is 5.75 Å². The van der Waals surface area contributed by atoms with E-state index in [1.165, 1.54) is 11.8 Å². The Balaban J connectivity index is 1.88. The van der Waals surface area contributed by atoms with Gasteiger partial charge < -0.3 is 15.0 Å². The Hall–Kier alpha value is -1.69. The number of carbonyl (C=O) groups excluding carboxylic acids is 2. The summed E-state index contributed by atoms with van der Waals surface area (Å²) in [6, 6.07) is 7.06. The van der Waals surface area contributed by atoms with E-state index in [2.05, 4.69) is 5.32 Å². The standard InChI is InChI=1S/C12H14N2O3S/c1-17-10-4-2-9(3-5-10)13-11(15)6-14-8-18-7-12(14)16/h2-5H,6-8H2,1H3,(H,13,15). The zero-order valence-electron chi connectivity index (χ0n) is 10.0. The van der Waals surface area contributed by atoms with E-state index in [0.717, 1.165) is 5.75 Å². The monoisotopic (exact) mass is 266 g/mol. The highest BCUT2D eigenvalue weighted by Gasteiger charge is 2.22. The summed E-state index contributed by atoms with van der Waals surface area (Å²) in [6.45, 7) is 0.109. The van der Waals surface area contributed by atoms with Crippen molar-refractivity contribution in [3.63, 3.8) is 0 Å². The summed E-state index contributed by atoms with van der Waals surface area (Å²) in [4.78, 5) is 24.6.